The van der Waals surface area contributed by atoms with Gasteiger partial charge in [0, 0.05) is 11.7 Å². The molecule has 2 fully saturated rings. The molecule has 0 aromatic carbocycles. The highest BCUT2D eigenvalue weighted by Gasteiger charge is 2.50. The Hall–Kier alpha value is -1.83. The van der Waals surface area contributed by atoms with Crippen LogP contribution in [0.1, 0.15) is 31.7 Å². The first-order valence-electron chi connectivity index (χ1n) is 7.56. The maximum absolute atomic E-state index is 12.4. The number of hydrogen-bond donors (Lipinski definition) is 1. The van der Waals surface area contributed by atoms with Gasteiger partial charge in [0.15, 0.2) is 0 Å². The lowest BCUT2D eigenvalue weighted by atomic mass is 9.89. The van der Waals surface area contributed by atoms with Gasteiger partial charge in [0.2, 0.25) is 0 Å². The molecule has 0 unspecified atom stereocenters. The summed E-state index contributed by atoms with van der Waals surface area (Å²) < 4.78 is 27.8. The molecular weight excluding hydrogens is 290 g/mol. The summed E-state index contributed by atoms with van der Waals surface area (Å²) in [5.41, 5.74) is 7.47. The number of nitrogens with zero attached hydrogens (tertiary/aromatic N) is 5. The molecule has 2 aromatic rings. The summed E-state index contributed by atoms with van der Waals surface area (Å²) in [6.07, 6.45) is 5.26. The second-order valence-corrected chi connectivity index (χ2v) is 6.49. The van der Waals surface area contributed by atoms with Crippen molar-refractivity contribution in [2.75, 3.05) is 0 Å². The van der Waals surface area contributed by atoms with Gasteiger partial charge in [-0.3, -0.25) is 4.68 Å². The average molecular weight is 308 g/mol. The van der Waals surface area contributed by atoms with Crippen LogP contribution < -0.4 is 5.73 Å². The molecule has 118 valence electrons. The smallest absolute Gasteiger partial charge is 0.257 e. The molecular formula is C14H18F2N6. The summed E-state index contributed by atoms with van der Waals surface area (Å²) in [7, 11) is 0. The summed E-state index contributed by atoms with van der Waals surface area (Å²) in [5, 5.41) is 12.4. The van der Waals surface area contributed by atoms with Crippen LogP contribution in [0.4, 0.5) is 8.78 Å². The largest absolute Gasteiger partial charge is 0.323 e. The Balaban J connectivity index is 1.56. The maximum atomic E-state index is 12.4. The lowest BCUT2D eigenvalue weighted by molar-refractivity contribution is 0.122. The normalized spacial score (nSPS) is 30.5. The van der Waals surface area contributed by atoms with Crippen molar-refractivity contribution in [3.05, 3.63) is 18.5 Å². The SMILES string of the molecule is N[C@]12CC[C@H](C[C@@H]1n1cc(-c3ccn(CC(F)F)n3)nn1)C2. The fourth-order valence-corrected chi connectivity index (χ4v) is 3.93. The number of halogens is 2. The molecule has 0 aliphatic heterocycles. The zero-order valence-corrected chi connectivity index (χ0v) is 12.1. The van der Waals surface area contributed by atoms with Crippen molar-refractivity contribution in [1.29, 1.82) is 0 Å². The molecule has 2 N–H and O–H groups in total. The van der Waals surface area contributed by atoms with Crippen molar-refractivity contribution in [2.45, 2.75) is 50.2 Å². The quantitative estimate of drug-likeness (QED) is 0.935. The predicted molar refractivity (Wildman–Crippen MR) is 75.2 cm³/mol. The second kappa shape index (κ2) is 4.84. The minimum atomic E-state index is -2.42. The minimum absolute atomic E-state index is 0.176. The van der Waals surface area contributed by atoms with Crippen molar-refractivity contribution in [2.24, 2.45) is 11.7 Å². The summed E-state index contributed by atoms with van der Waals surface area (Å²) in [6, 6.07) is 1.85. The van der Waals surface area contributed by atoms with E-state index in [0.717, 1.165) is 19.3 Å². The van der Waals surface area contributed by atoms with E-state index in [1.807, 2.05) is 10.9 Å². The lowest BCUT2D eigenvalue weighted by Crippen LogP contribution is -2.43. The molecule has 0 spiro atoms. The summed E-state index contributed by atoms with van der Waals surface area (Å²) in [4.78, 5) is 0. The fourth-order valence-electron chi connectivity index (χ4n) is 3.93. The van der Waals surface area contributed by atoms with E-state index < -0.39 is 13.0 Å². The molecule has 6 nitrogen and oxygen atoms in total. The van der Waals surface area contributed by atoms with E-state index in [2.05, 4.69) is 15.4 Å². The molecule has 22 heavy (non-hydrogen) atoms. The summed E-state index contributed by atoms with van der Waals surface area (Å²) >= 11 is 0. The van der Waals surface area contributed by atoms with Gasteiger partial charge in [0.25, 0.3) is 6.43 Å². The molecule has 0 amide bonds. The lowest BCUT2D eigenvalue weighted by Gasteiger charge is -2.30. The number of hydrogen-bond acceptors (Lipinski definition) is 4. The summed E-state index contributed by atoms with van der Waals surface area (Å²) in [5.74, 6) is 0.688. The molecule has 2 bridgehead atoms. The molecule has 2 saturated carbocycles. The maximum Gasteiger partial charge on any atom is 0.257 e. The molecule has 8 heteroatoms. The van der Waals surface area contributed by atoms with E-state index in [0.29, 0.717) is 17.3 Å². The second-order valence-electron chi connectivity index (χ2n) is 6.49. The fraction of sp³-hybridized carbons (Fsp3) is 0.643. The van der Waals surface area contributed by atoms with Gasteiger partial charge in [-0.2, -0.15) is 5.10 Å². The van der Waals surface area contributed by atoms with E-state index in [1.165, 1.54) is 17.3 Å². The first kappa shape index (κ1) is 13.8. The molecule has 2 aliphatic rings. The van der Waals surface area contributed by atoms with Gasteiger partial charge in [-0.05, 0) is 37.7 Å². The van der Waals surface area contributed by atoms with Crippen LogP contribution in [0.5, 0.6) is 0 Å². The van der Waals surface area contributed by atoms with Gasteiger partial charge in [0.1, 0.15) is 17.9 Å². The van der Waals surface area contributed by atoms with Crippen LogP contribution in [0.2, 0.25) is 0 Å². The zero-order chi connectivity index (χ0) is 15.3. The van der Waals surface area contributed by atoms with Gasteiger partial charge in [0.05, 0.1) is 12.2 Å². The Morgan fingerprint density at radius 2 is 2.27 bits per heavy atom. The van der Waals surface area contributed by atoms with Crippen molar-refractivity contribution >= 4 is 0 Å². The average Bonchev–Trinajstić information content (AvgIpc) is 3.17. The Bertz CT molecular complexity index is 680. The number of nitrogens with two attached hydrogens (primary N) is 1. The van der Waals surface area contributed by atoms with E-state index in [-0.39, 0.29) is 11.6 Å². The van der Waals surface area contributed by atoms with Crippen LogP contribution in [0.15, 0.2) is 18.5 Å². The van der Waals surface area contributed by atoms with Gasteiger partial charge in [-0.1, -0.05) is 5.21 Å². The Morgan fingerprint density at radius 3 is 2.95 bits per heavy atom. The minimum Gasteiger partial charge on any atom is -0.323 e. The highest BCUT2D eigenvalue weighted by molar-refractivity contribution is 5.51. The van der Waals surface area contributed by atoms with Gasteiger partial charge >= 0.3 is 0 Å². The van der Waals surface area contributed by atoms with Crippen LogP contribution in [0.25, 0.3) is 11.4 Å². The molecule has 0 radical (unpaired) electrons. The van der Waals surface area contributed by atoms with Crippen LogP contribution in [0, 0.1) is 5.92 Å². The van der Waals surface area contributed by atoms with Crippen LogP contribution in [-0.4, -0.2) is 36.7 Å². The zero-order valence-electron chi connectivity index (χ0n) is 12.1. The van der Waals surface area contributed by atoms with Gasteiger partial charge in [-0.15, -0.1) is 5.10 Å². The first-order valence-corrected chi connectivity index (χ1v) is 7.56. The van der Waals surface area contributed by atoms with Crippen LogP contribution >= 0.6 is 0 Å². The Labute approximate surface area is 126 Å². The van der Waals surface area contributed by atoms with Crippen LogP contribution in [-0.2, 0) is 6.54 Å². The van der Waals surface area contributed by atoms with E-state index in [1.54, 1.807) is 6.07 Å². The predicted octanol–water partition coefficient (Wildman–Crippen LogP) is 1.85. The molecule has 0 saturated heterocycles. The number of alkyl halides is 2. The van der Waals surface area contributed by atoms with Gasteiger partial charge < -0.3 is 5.73 Å². The Kier molecular flexibility index (Phi) is 3.04. The van der Waals surface area contributed by atoms with E-state index in [4.69, 9.17) is 5.73 Å². The summed E-state index contributed by atoms with van der Waals surface area (Å²) in [6.45, 7) is -0.412. The number of fused-ring (bicyclic) bond motifs is 2. The van der Waals surface area contributed by atoms with E-state index >= 15 is 0 Å². The molecule has 4 rings (SSSR count). The van der Waals surface area contributed by atoms with Crippen molar-refractivity contribution < 1.29 is 8.78 Å². The van der Waals surface area contributed by atoms with Crippen molar-refractivity contribution in [1.82, 2.24) is 24.8 Å². The number of aromatic nitrogens is 5. The molecule has 2 aliphatic carbocycles. The third-order valence-electron chi connectivity index (χ3n) is 4.96. The molecule has 2 aromatic heterocycles. The monoisotopic (exact) mass is 308 g/mol. The van der Waals surface area contributed by atoms with Crippen molar-refractivity contribution in [3.8, 4) is 11.4 Å². The van der Waals surface area contributed by atoms with Crippen molar-refractivity contribution in [3.63, 3.8) is 0 Å². The molecule has 3 atom stereocenters. The third kappa shape index (κ3) is 2.22. The van der Waals surface area contributed by atoms with Crippen LogP contribution in [0.3, 0.4) is 0 Å². The Morgan fingerprint density at radius 1 is 1.41 bits per heavy atom. The van der Waals surface area contributed by atoms with Gasteiger partial charge in [-0.25, -0.2) is 13.5 Å². The standard InChI is InChI=1S/C14H18F2N6/c15-13(16)8-21-4-2-10(19-21)11-7-22(20-18-11)12-5-9-1-3-14(12,17)6-9/h2,4,7,9,12-13H,1,3,5-6,8,17H2/t9-,12+,14+/m1/s1. The highest BCUT2D eigenvalue weighted by Crippen LogP contribution is 2.51. The molecule has 2 heterocycles. The third-order valence-corrected chi connectivity index (χ3v) is 4.96. The first-order chi connectivity index (χ1) is 10.5. The highest BCUT2D eigenvalue weighted by atomic mass is 19.3. The number of rotatable bonds is 4. The van der Waals surface area contributed by atoms with E-state index in [9.17, 15) is 8.78 Å². The topological polar surface area (TPSA) is 74.5 Å².